The van der Waals surface area contributed by atoms with Crippen molar-refractivity contribution in [3.05, 3.63) is 63.3 Å². The third-order valence-electron chi connectivity index (χ3n) is 8.90. The molecule has 1 aromatic carbocycles. The summed E-state index contributed by atoms with van der Waals surface area (Å²) in [5.74, 6) is 1.74. The Morgan fingerprint density at radius 1 is 1.23 bits per heavy atom. The second-order valence-electron chi connectivity index (χ2n) is 11.7. The summed E-state index contributed by atoms with van der Waals surface area (Å²) < 4.78 is 11.8. The van der Waals surface area contributed by atoms with Crippen molar-refractivity contribution in [1.29, 1.82) is 0 Å². The lowest BCUT2D eigenvalue weighted by molar-refractivity contribution is -0.122. The summed E-state index contributed by atoms with van der Waals surface area (Å²) in [7, 11) is 0. The highest BCUT2D eigenvalue weighted by molar-refractivity contribution is 6.30. The van der Waals surface area contributed by atoms with E-state index in [0.29, 0.717) is 43.1 Å². The number of pyridine rings is 1. The first-order valence-electron chi connectivity index (χ1n) is 15.1. The number of anilines is 1. The van der Waals surface area contributed by atoms with Crippen LogP contribution in [-0.4, -0.2) is 70.3 Å². The standard InChI is InChI=1S/C31H36ClN5O4.CH2O2/c1-20-19-37(15-12-31(20,2)23-17-21(32)18-33-29(23)38)30(39)40-16-8-5-11-25-34-26-22-9-3-4-10-24(22)41-27(26)28(35-25)36-13-6-7-14-36;2-1-3/h3-4,9-10,17-18,20H,5-8,11-16,19H2,1-2H3,(H,33,38);1H,(H,2,3). The van der Waals surface area contributed by atoms with E-state index in [2.05, 4.69) is 23.7 Å². The van der Waals surface area contributed by atoms with Crippen molar-refractivity contribution in [1.82, 2.24) is 19.9 Å². The van der Waals surface area contributed by atoms with Crippen LogP contribution in [0.4, 0.5) is 10.6 Å². The molecule has 2 fully saturated rings. The maximum Gasteiger partial charge on any atom is 0.409 e. The highest BCUT2D eigenvalue weighted by Gasteiger charge is 2.41. The molecule has 0 aliphatic carbocycles. The molecule has 2 atom stereocenters. The van der Waals surface area contributed by atoms with Gasteiger partial charge in [0.25, 0.3) is 12.0 Å². The van der Waals surface area contributed by atoms with Crippen LogP contribution in [0, 0.1) is 5.92 Å². The minimum Gasteiger partial charge on any atom is -0.483 e. The Kier molecular flexibility index (Phi) is 9.73. The smallest absolute Gasteiger partial charge is 0.409 e. The number of carbonyl (C=O) groups is 2. The Hall–Kier alpha value is -4.12. The molecular formula is C32H38ClN5O6. The zero-order chi connectivity index (χ0) is 31.3. The molecule has 11 nitrogen and oxygen atoms in total. The molecule has 2 aliphatic heterocycles. The minimum atomic E-state index is -0.370. The van der Waals surface area contributed by atoms with Crippen LogP contribution in [0.25, 0.3) is 22.1 Å². The number of para-hydroxylation sites is 1. The second kappa shape index (κ2) is 13.7. The summed E-state index contributed by atoms with van der Waals surface area (Å²) in [6.45, 7) is 7.22. The molecule has 2 aliphatic rings. The molecule has 2 N–H and O–H groups in total. The number of furan rings is 1. The first kappa shape index (κ1) is 31.3. The predicted octanol–water partition coefficient (Wildman–Crippen LogP) is 5.78. The molecule has 3 aromatic heterocycles. The maximum atomic E-state index is 12.9. The van der Waals surface area contributed by atoms with Crippen LogP contribution in [0.2, 0.25) is 5.02 Å². The van der Waals surface area contributed by atoms with Gasteiger partial charge in [-0.05, 0) is 56.2 Å². The number of carboxylic acid groups (broad SMARTS) is 1. The first-order chi connectivity index (χ1) is 21.2. The molecule has 5 heterocycles. The fraction of sp³-hybridized carbons (Fsp3) is 0.469. The summed E-state index contributed by atoms with van der Waals surface area (Å²) >= 11 is 6.16. The van der Waals surface area contributed by atoms with Gasteiger partial charge in [-0.15, -0.1) is 0 Å². The monoisotopic (exact) mass is 623 g/mol. The van der Waals surface area contributed by atoms with Gasteiger partial charge < -0.3 is 29.0 Å². The van der Waals surface area contributed by atoms with Gasteiger partial charge >= 0.3 is 6.09 Å². The normalized spacial score (nSPS) is 20.0. The summed E-state index contributed by atoms with van der Waals surface area (Å²) in [6, 6.07) is 9.74. The Balaban J connectivity index is 0.00000123. The van der Waals surface area contributed by atoms with Crippen LogP contribution in [0.5, 0.6) is 0 Å². The Morgan fingerprint density at radius 2 is 1.98 bits per heavy atom. The van der Waals surface area contributed by atoms with Crippen molar-refractivity contribution in [2.24, 2.45) is 5.92 Å². The van der Waals surface area contributed by atoms with Gasteiger partial charge in [-0.2, -0.15) is 0 Å². The van der Waals surface area contributed by atoms with Crippen molar-refractivity contribution in [2.75, 3.05) is 37.7 Å². The van der Waals surface area contributed by atoms with Crippen LogP contribution in [0.1, 0.15) is 57.3 Å². The fourth-order valence-corrected chi connectivity index (χ4v) is 6.36. The zero-order valence-corrected chi connectivity index (χ0v) is 25.8. The van der Waals surface area contributed by atoms with Gasteiger partial charge in [0.15, 0.2) is 11.4 Å². The number of aromatic amines is 1. The molecule has 0 radical (unpaired) electrons. The van der Waals surface area contributed by atoms with E-state index in [4.69, 9.17) is 40.6 Å². The molecule has 44 heavy (non-hydrogen) atoms. The first-order valence-corrected chi connectivity index (χ1v) is 15.4. The van der Waals surface area contributed by atoms with Crippen molar-refractivity contribution in [2.45, 2.75) is 57.8 Å². The molecule has 0 spiro atoms. The summed E-state index contributed by atoms with van der Waals surface area (Å²) in [6.07, 6.45) is 6.38. The summed E-state index contributed by atoms with van der Waals surface area (Å²) in [5, 5.41) is 8.40. The quantitative estimate of drug-likeness (QED) is 0.193. The summed E-state index contributed by atoms with van der Waals surface area (Å²) in [4.78, 5) is 50.3. The summed E-state index contributed by atoms with van der Waals surface area (Å²) in [5.41, 5.74) is 2.62. The maximum absolute atomic E-state index is 12.9. The molecule has 234 valence electrons. The number of H-pyrrole nitrogens is 1. The number of ether oxygens (including phenoxy) is 1. The highest BCUT2D eigenvalue weighted by atomic mass is 35.5. The number of unbranched alkanes of at least 4 members (excludes halogenated alkanes) is 1. The Bertz CT molecular complexity index is 1680. The minimum absolute atomic E-state index is 0.0687. The number of amides is 1. The molecule has 0 bridgehead atoms. The van der Waals surface area contributed by atoms with Crippen LogP contribution >= 0.6 is 11.6 Å². The van der Waals surface area contributed by atoms with E-state index >= 15 is 0 Å². The van der Waals surface area contributed by atoms with E-state index < -0.39 is 0 Å². The number of piperidine rings is 1. The number of hydrogen-bond acceptors (Lipinski definition) is 8. The third kappa shape index (κ3) is 6.52. The number of likely N-dealkylation sites (tertiary alicyclic amines) is 1. The molecule has 6 rings (SSSR count). The number of nitrogens with zero attached hydrogens (tertiary/aromatic N) is 4. The van der Waals surface area contributed by atoms with E-state index in [-0.39, 0.29) is 29.5 Å². The van der Waals surface area contributed by atoms with Crippen molar-refractivity contribution in [3.63, 3.8) is 0 Å². The number of carbonyl (C=O) groups excluding carboxylic acids is 1. The van der Waals surface area contributed by atoms with Crippen molar-refractivity contribution in [3.8, 4) is 0 Å². The Morgan fingerprint density at radius 3 is 2.73 bits per heavy atom. The average Bonchev–Trinajstić information content (AvgIpc) is 3.68. The van der Waals surface area contributed by atoms with E-state index in [1.54, 1.807) is 11.0 Å². The number of hydrogen-bond donors (Lipinski definition) is 2. The van der Waals surface area contributed by atoms with Gasteiger partial charge in [0.05, 0.1) is 11.6 Å². The van der Waals surface area contributed by atoms with Gasteiger partial charge in [-0.3, -0.25) is 9.59 Å². The molecule has 2 unspecified atom stereocenters. The second-order valence-corrected chi connectivity index (χ2v) is 12.1. The van der Waals surface area contributed by atoms with Crippen molar-refractivity contribution >= 4 is 52.1 Å². The molecular weight excluding hydrogens is 586 g/mol. The number of nitrogens with one attached hydrogen (secondary N) is 1. The van der Waals surface area contributed by atoms with E-state index in [1.165, 1.54) is 6.20 Å². The van der Waals surface area contributed by atoms with Gasteiger partial charge in [-0.25, -0.2) is 14.8 Å². The Labute approximate surface area is 260 Å². The SMILES string of the molecule is CC1CN(C(=O)OCCCCc2nc(N3CCCC3)c3oc4ccccc4c3n2)CCC1(C)c1cc(Cl)c[nH]c1=O.O=CO. The number of rotatable bonds is 7. The van der Waals surface area contributed by atoms with E-state index in [9.17, 15) is 9.59 Å². The lowest BCUT2D eigenvalue weighted by Gasteiger charge is -2.44. The van der Waals surface area contributed by atoms with Gasteiger partial charge in [0.1, 0.15) is 16.9 Å². The predicted molar refractivity (Wildman–Crippen MR) is 169 cm³/mol. The van der Waals surface area contributed by atoms with E-state index in [0.717, 1.165) is 72.5 Å². The fourth-order valence-electron chi connectivity index (χ4n) is 6.20. The molecule has 2 saturated heterocycles. The third-order valence-corrected chi connectivity index (χ3v) is 9.12. The van der Waals surface area contributed by atoms with Gasteiger partial charge in [-0.1, -0.05) is 37.6 Å². The topological polar surface area (TPSA) is 142 Å². The van der Waals surface area contributed by atoms with Crippen LogP contribution in [0.3, 0.4) is 0 Å². The van der Waals surface area contributed by atoms with Gasteiger partial charge in [0.2, 0.25) is 0 Å². The van der Waals surface area contributed by atoms with Crippen LogP contribution in [-0.2, 0) is 21.4 Å². The lowest BCUT2D eigenvalue weighted by atomic mass is 9.68. The van der Waals surface area contributed by atoms with E-state index in [1.807, 2.05) is 24.3 Å². The number of aryl methyl sites for hydroxylation is 1. The molecule has 0 saturated carbocycles. The molecule has 12 heteroatoms. The van der Waals surface area contributed by atoms with Crippen LogP contribution < -0.4 is 10.5 Å². The number of halogens is 1. The number of aromatic nitrogens is 3. The number of fused-ring (bicyclic) bond motifs is 3. The highest BCUT2D eigenvalue weighted by Crippen LogP contribution is 2.39. The average molecular weight is 624 g/mol. The lowest BCUT2D eigenvalue weighted by Crippen LogP contribution is -2.51. The number of benzene rings is 1. The zero-order valence-electron chi connectivity index (χ0n) is 25.1. The molecule has 4 aromatic rings. The van der Waals surface area contributed by atoms with Gasteiger partial charge in [0, 0.05) is 55.2 Å². The largest absolute Gasteiger partial charge is 0.483 e. The van der Waals surface area contributed by atoms with Crippen molar-refractivity contribution < 1.29 is 23.8 Å². The van der Waals surface area contributed by atoms with Crippen LogP contribution in [0.15, 0.2) is 45.7 Å². The molecule has 1 amide bonds.